The number of rotatable bonds is 4. The molecule has 4 atom stereocenters. The lowest BCUT2D eigenvalue weighted by atomic mass is 9.74. The van der Waals surface area contributed by atoms with E-state index in [-0.39, 0.29) is 35.1 Å². The average molecular weight is 480 g/mol. The minimum absolute atomic E-state index is 0.0411. The Morgan fingerprint density at radius 3 is 2.22 bits per heavy atom. The third-order valence-electron chi connectivity index (χ3n) is 5.62. The fourth-order valence-corrected chi connectivity index (χ4v) is 4.97. The molecular weight excluding hydrogens is 448 g/mol. The van der Waals surface area contributed by atoms with Gasteiger partial charge in [-0.3, -0.25) is 4.79 Å². The van der Waals surface area contributed by atoms with Gasteiger partial charge < -0.3 is 10.1 Å². The molecule has 0 aliphatic carbocycles. The predicted molar refractivity (Wildman–Crippen MR) is 129 cm³/mol. The minimum atomic E-state index is -0.639. The third-order valence-corrected chi connectivity index (χ3v) is 6.09. The van der Waals surface area contributed by atoms with E-state index < -0.39 is 11.6 Å². The molecule has 6 heteroatoms. The SMILES string of the molecule is CC(C)(C)CC1NC(C(=O)OC(C)(C)C)C(c2cccc(Cl)c2)C1c1ccc(Cl)cc1F. The van der Waals surface area contributed by atoms with Crippen molar-refractivity contribution in [1.82, 2.24) is 5.32 Å². The molecule has 0 radical (unpaired) electrons. The van der Waals surface area contributed by atoms with Crippen LogP contribution in [0.3, 0.4) is 0 Å². The Labute approximate surface area is 200 Å². The van der Waals surface area contributed by atoms with E-state index in [0.717, 1.165) is 12.0 Å². The van der Waals surface area contributed by atoms with Crippen molar-refractivity contribution in [2.24, 2.45) is 5.41 Å². The zero-order valence-electron chi connectivity index (χ0n) is 19.5. The summed E-state index contributed by atoms with van der Waals surface area (Å²) in [5.41, 5.74) is 0.727. The van der Waals surface area contributed by atoms with Crippen LogP contribution in [0.5, 0.6) is 0 Å². The molecule has 0 saturated carbocycles. The van der Waals surface area contributed by atoms with Crippen LogP contribution in [0.25, 0.3) is 0 Å². The largest absolute Gasteiger partial charge is 0.459 e. The second kappa shape index (κ2) is 9.32. The van der Waals surface area contributed by atoms with Crippen LogP contribution in [0.4, 0.5) is 4.39 Å². The quantitative estimate of drug-likeness (QED) is 0.474. The minimum Gasteiger partial charge on any atom is -0.459 e. The molecule has 1 saturated heterocycles. The molecule has 0 amide bonds. The van der Waals surface area contributed by atoms with Gasteiger partial charge in [0.1, 0.15) is 17.5 Å². The molecular formula is C26H32Cl2FNO2. The number of carbonyl (C=O) groups excluding carboxylic acids is 1. The first-order valence-corrected chi connectivity index (χ1v) is 11.7. The van der Waals surface area contributed by atoms with Crippen molar-refractivity contribution in [3.63, 3.8) is 0 Å². The van der Waals surface area contributed by atoms with Crippen molar-refractivity contribution < 1.29 is 13.9 Å². The van der Waals surface area contributed by atoms with Crippen molar-refractivity contribution in [1.29, 1.82) is 0 Å². The molecule has 1 fully saturated rings. The summed E-state index contributed by atoms with van der Waals surface area (Å²) >= 11 is 12.4. The second-order valence-corrected chi connectivity index (χ2v) is 11.7. The van der Waals surface area contributed by atoms with Gasteiger partial charge in [-0.25, -0.2) is 4.39 Å². The van der Waals surface area contributed by atoms with Crippen LogP contribution in [0, 0.1) is 11.2 Å². The number of benzene rings is 2. The average Bonchev–Trinajstić information content (AvgIpc) is 2.97. The first-order valence-electron chi connectivity index (χ1n) is 10.9. The zero-order chi connectivity index (χ0) is 23.8. The van der Waals surface area contributed by atoms with Crippen LogP contribution >= 0.6 is 23.2 Å². The number of halogens is 3. The van der Waals surface area contributed by atoms with Gasteiger partial charge in [-0.1, -0.05) is 62.2 Å². The third kappa shape index (κ3) is 6.03. The van der Waals surface area contributed by atoms with Gasteiger partial charge in [-0.2, -0.15) is 0 Å². The summed E-state index contributed by atoms with van der Waals surface area (Å²) in [6.07, 6.45) is 0.746. The van der Waals surface area contributed by atoms with Gasteiger partial charge in [-0.15, -0.1) is 0 Å². The summed E-state index contributed by atoms with van der Waals surface area (Å²) in [6, 6.07) is 11.4. The van der Waals surface area contributed by atoms with Crippen molar-refractivity contribution in [2.45, 2.75) is 77.5 Å². The fourth-order valence-electron chi connectivity index (χ4n) is 4.62. The first-order chi connectivity index (χ1) is 14.7. The van der Waals surface area contributed by atoms with Crippen molar-refractivity contribution in [2.75, 3.05) is 0 Å². The van der Waals surface area contributed by atoms with Crippen LogP contribution in [-0.2, 0) is 9.53 Å². The molecule has 1 aliphatic rings. The van der Waals surface area contributed by atoms with E-state index in [9.17, 15) is 4.79 Å². The highest BCUT2D eigenvalue weighted by molar-refractivity contribution is 6.30. The summed E-state index contributed by atoms with van der Waals surface area (Å²) < 4.78 is 21.0. The fraction of sp³-hybridized carbons (Fsp3) is 0.500. The Morgan fingerprint density at radius 1 is 1.00 bits per heavy atom. The van der Waals surface area contributed by atoms with Gasteiger partial charge in [0.15, 0.2) is 0 Å². The van der Waals surface area contributed by atoms with E-state index in [2.05, 4.69) is 26.1 Å². The maximum absolute atomic E-state index is 15.2. The topological polar surface area (TPSA) is 38.3 Å². The molecule has 0 bridgehead atoms. The molecule has 0 aromatic heterocycles. The molecule has 2 aromatic rings. The standard InChI is InChI=1S/C26H32Cl2FNO2/c1-25(2,3)14-20-22(18-11-10-17(28)13-19(18)29)21(15-8-7-9-16(27)12-15)23(30-20)24(31)32-26(4,5)6/h7-13,20-23,30H,14H2,1-6H3. The van der Waals surface area contributed by atoms with E-state index in [1.807, 2.05) is 39.0 Å². The highest BCUT2D eigenvalue weighted by Gasteiger charge is 2.50. The summed E-state index contributed by atoms with van der Waals surface area (Å²) in [5, 5.41) is 4.42. The van der Waals surface area contributed by atoms with E-state index in [1.165, 1.54) is 6.07 Å². The van der Waals surface area contributed by atoms with Crippen LogP contribution in [0.1, 0.15) is 70.9 Å². The Balaban J connectivity index is 2.16. The van der Waals surface area contributed by atoms with Gasteiger partial charge in [0.2, 0.25) is 0 Å². The summed E-state index contributed by atoms with van der Waals surface area (Å²) in [5.74, 6) is -1.38. The number of hydrogen-bond donors (Lipinski definition) is 1. The van der Waals surface area contributed by atoms with Crippen LogP contribution in [0.15, 0.2) is 42.5 Å². The summed E-state index contributed by atoms with van der Waals surface area (Å²) in [7, 11) is 0. The molecule has 174 valence electrons. The van der Waals surface area contributed by atoms with Gasteiger partial charge in [0.05, 0.1) is 0 Å². The summed E-state index contributed by atoms with van der Waals surface area (Å²) in [6.45, 7) is 11.9. The lowest BCUT2D eigenvalue weighted by Crippen LogP contribution is -2.42. The van der Waals surface area contributed by atoms with Crippen LogP contribution in [-0.4, -0.2) is 23.7 Å². The van der Waals surface area contributed by atoms with Crippen LogP contribution in [0.2, 0.25) is 10.0 Å². The molecule has 1 heterocycles. The number of hydrogen-bond acceptors (Lipinski definition) is 3. The Morgan fingerprint density at radius 2 is 1.66 bits per heavy atom. The van der Waals surface area contributed by atoms with E-state index in [0.29, 0.717) is 15.6 Å². The number of esters is 1. The summed E-state index contributed by atoms with van der Waals surface area (Å²) in [4.78, 5) is 13.3. The predicted octanol–water partition coefficient (Wildman–Crippen LogP) is 7.12. The Kier molecular flexibility index (Phi) is 7.29. The van der Waals surface area contributed by atoms with E-state index in [1.54, 1.807) is 18.2 Å². The first kappa shape index (κ1) is 25.0. The number of carbonyl (C=O) groups is 1. The maximum Gasteiger partial charge on any atom is 0.324 e. The highest BCUT2D eigenvalue weighted by atomic mass is 35.5. The maximum atomic E-state index is 15.2. The molecule has 0 spiro atoms. The second-order valence-electron chi connectivity index (χ2n) is 10.8. The van der Waals surface area contributed by atoms with Gasteiger partial charge in [-0.05, 0) is 68.0 Å². The number of nitrogens with one attached hydrogen (secondary N) is 1. The highest BCUT2D eigenvalue weighted by Crippen LogP contribution is 2.48. The molecule has 1 N–H and O–H groups in total. The van der Waals surface area contributed by atoms with Crippen molar-refractivity contribution in [3.8, 4) is 0 Å². The van der Waals surface area contributed by atoms with E-state index in [4.69, 9.17) is 27.9 Å². The van der Waals surface area contributed by atoms with Gasteiger partial charge in [0.25, 0.3) is 0 Å². The Bertz CT molecular complexity index is 981. The van der Waals surface area contributed by atoms with Crippen LogP contribution < -0.4 is 5.32 Å². The molecule has 1 aliphatic heterocycles. The lowest BCUT2D eigenvalue weighted by Gasteiger charge is -2.30. The lowest BCUT2D eigenvalue weighted by molar-refractivity contribution is -0.157. The molecule has 4 unspecified atom stereocenters. The zero-order valence-corrected chi connectivity index (χ0v) is 21.0. The van der Waals surface area contributed by atoms with Crippen molar-refractivity contribution >= 4 is 29.2 Å². The number of ether oxygens (including phenoxy) is 1. The molecule has 3 rings (SSSR count). The smallest absolute Gasteiger partial charge is 0.324 e. The van der Waals surface area contributed by atoms with Gasteiger partial charge >= 0.3 is 5.97 Å². The Hall–Kier alpha value is -1.62. The van der Waals surface area contributed by atoms with E-state index >= 15 is 4.39 Å². The molecule has 32 heavy (non-hydrogen) atoms. The van der Waals surface area contributed by atoms with Gasteiger partial charge in [0, 0.05) is 27.9 Å². The normalized spacial score (nSPS) is 23.9. The monoisotopic (exact) mass is 479 g/mol. The molecule has 2 aromatic carbocycles. The van der Waals surface area contributed by atoms with Crippen molar-refractivity contribution in [3.05, 3.63) is 69.5 Å². The molecule has 3 nitrogen and oxygen atoms in total.